The molecule has 5 nitrogen and oxygen atoms in total. The molecule has 3 rings (SSSR count). The van der Waals surface area contributed by atoms with Crippen LogP contribution in [0.2, 0.25) is 0 Å². The number of urea groups is 1. The Bertz CT molecular complexity index is 924. The number of amides is 2. The molecule has 5 heteroatoms. The molecule has 0 saturated heterocycles. The summed E-state index contributed by atoms with van der Waals surface area (Å²) in [6.07, 6.45) is 0.718. The van der Waals surface area contributed by atoms with Gasteiger partial charge in [0.1, 0.15) is 11.5 Å². The predicted molar refractivity (Wildman–Crippen MR) is 107 cm³/mol. The third kappa shape index (κ3) is 4.91. The minimum absolute atomic E-state index is 0.181. The Morgan fingerprint density at radius 3 is 2.48 bits per heavy atom. The number of benzene rings is 3. The maximum Gasteiger partial charge on any atom is 0.315 e. The highest BCUT2D eigenvalue weighted by atomic mass is 16.5. The fourth-order valence-corrected chi connectivity index (χ4v) is 2.98. The van der Waals surface area contributed by atoms with Gasteiger partial charge < -0.3 is 20.1 Å². The molecule has 0 fully saturated rings. The van der Waals surface area contributed by atoms with Crippen LogP contribution in [0.5, 0.6) is 11.5 Å². The number of nitrogens with one attached hydrogen (secondary N) is 2. The summed E-state index contributed by atoms with van der Waals surface area (Å²) in [6.45, 7) is 1.02. The topological polar surface area (TPSA) is 59.6 Å². The van der Waals surface area contributed by atoms with E-state index < -0.39 is 0 Å². The van der Waals surface area contributed by atoms with Gasteiger partial charge in [0.2, 0.25) is 0 Å². The van der Waals surface area contributed by atoms with E-state index in [1.807, 2.05) is 54.6 Å². The summed E-state index contributed by atoms with van der Waals surface area (Å²) in [7, 11) is 3.31. The van der Waals surface area contributed by atoms with Gasteiger partial charge in [0.05, 0.1) is 14.2 Å². The van der Waals surface area contributed by atoms with E-state index in [9.17, 15) is 4.79 Å². The Labute approximate surface area is 159 Å². The number of rotatable bonds is 7. The zero-order valence-corrected chi connectivity index (χ0v) is 15.6. The van der Waals surface area contributed by atoms with Crippen LogP contribution in [0.1, 0.15) is 11.1 Å². The zero-order chi connectivity index (χ0) is 19.1. The molecule has 3 aromatic carbocycles. The first-order valence-electron chi connectivity index (χ1n) is 8.90. The van der Waals surface area contributed by atoms with Gasteiger partial charge in [-0.3, -0.25) is 0 Å². The van der Waals surface area contributed by atoms with Gasteiger partial charge in [-0.2, -0.15) is 0 Å². The van der Waals surface area contributed by atoms with Crippen molar-refractivity contribution in [1.29, 1.82) is 0 Å². The monoisotopic (exact) mass is 364 g/mol. The third-order valence-electron chi connectivity index (χ3n) is 4.44. The van der Waals surface area contributed by atoms with E-state index in [0.29, 0.717) is 13.1 Å². The van der Waals surface area contributed by atoms with Crippen molar-refractivity contribution in [2.75, 3.05) is 20.8 Å². The second kappa shape index (κ2) is 8.94. The molecule has 0 heterocycles. The normalized spacial score (nSPS) is 10.4. The van der Waals surface area contributed by atoms with Gasteiger partial charge in [-0.25, -0.2) is 4.79 Å². The molecule has 0 spiro atoms. The Kier molecular flexibility index (Phi) is 6.15. The second-order valence-corrected chi connectivity index (χ2v) is 6.22. The average Bonchev–Trinajstić information content (AvgIpc) is 2.72. The van der Waals surface area contributed by atoms with Crippen LogP contribution in [0.3, 0.4) is 0 Å². The highest BCUT2D eigenvalue weighted by Crippen LogP contribution is 2.22. The van der Waals surface area contributed by atoms with Gasteiger partial charge in [-0.15, -0.1) is 0 Å². The molecule has 0 atom stereocenters. The number of ether oxygens (including phenoxy) is 2. The Morgan fingerprint density at radius 1 is 0.889 bits per heavy atom. The van der Waals surface area contributed by atoms with Crippen molar-refractivity contribution in [3.63, 3.8) is 0 Å². The number of carbonyl (C=O) groups is 1. The van der Waals surface area contributed by atoms with Crippen LogP contribution in [0.25, 0.3) is 10.8 Å². The minimum Gasteiger partial charge on any atom is -0.497 e. The summed E-state index contributed by atoms with van der Waals surface area (Å²) < 4.78 is 10.6. The first-order chi connectivity index (χ1) is 13.2. The summed E-state index contributed by atoms with van der Waals surface area (Å²) in [6, 6.07) is 19.7. The molecule has 0 aliphatic rings. The molecule has 27 heavy (non-hydrogen) atoms. The van der Waals surface area contributed by atoms with Crippen LogP contribution >= 0.6 is 0 Å². The van der Waals surface area contributed by atoms with Crippen molar-refractivity contribution in [3.05, 3.63) is 71.8 Å². The van der Waals surface area contributed by atoms with Crippen molar-refractivity contribution >= 4 is 16.8 Å². The first-order valence-corrected chi connectivity index (χ1v) is 8.90. The molecule has 0 aliphatic carbocycles. The van der Waals surface area contributed by atoms with Crippen LogP contribution in [0.15, 0.2) is 60.7 Å². The van der Waals surface area contributed by atoms with E-state index in [4.69, 9.17) is 9.47 Å². The van der Waals surface area contributed by atoms with Crippen molar-refractivity contribution in [3.8, 4) is 11.5 Å². The number of para-hydroxylation sites is 1. The molecule has 3 aromatic rings. The SMILES string of the molecule is COc1ccc2cc(CNC(=O)NCCc3ccccc3OC)ccc2c1. The number of fused-ring (bicyclic) bond motifs is 1. The van der Waals surface area contributed by atoms with Crippen molar-refractivity contribution in [1.82, 2.24) is 10.6 Å². The molecule has 140 valence electrons. The summed E-state index contributed by atoms with van der Waals surface area (Å²) in [5.41, 5.74) is 2.12. The molecular formula is C22H24N2O3. The Balaban J connectivity index is 1.49. The van der Waals surface area contributed by atoms with Crippen molar-refractivity contribution < 1.29 is 14.3 Å². The predicted octanol–water partition coefficient (Wildman–Crippen LogP) is 3.90. The summed E-state index contributed by atoms with van der Waals surface area (Å²) in [5, 5.41) is 8.01. The number of hydrogen-bond donors (Lipinski definition) is 2. The summed E-state index contributed by atoms with van der Waals surface area (Å²) in [4.78, 5) is 12.0. The summed E-state index contributed by atoms with van der Waals surface area (Å²) in [5.74, 6) is 1.68. The van der Waals surface area contributed by atoms with Crippen LogP contribution in [-0.2, 0) is 13.0 Å². The van der Waals surface area contributed by atoms with Gasteiger partial charge in [0.25, 0.3) is 0 Å². The Morgan fingerprint density at radius 2 is 1.67 bits per heavy atom. The number of carbonyl (C=O) groups excluding carboxylic acids is 1. The lowest BCUT2D eigenvalue weighted by Gasteiger charge is -2.10. The number of hydrogen-bond acceptors (Lipinski definition) is 3. The maximum absolute atomic E-state index is 12.0. The van der Waals surface area contributed by atoms with E-state index in [1.54, 1.807) is 14.2 Å². The molecule has 0 bridgehead atoms. The van der Waals surface area contributed by atoms with Crippen molar-refractivity contribution in [2.45, 2.75) is 13.0 Å². The van der Waals surface area contributed by atoms with E-state index in [2.05, 4.69) is 16.7 Å². The van der Waals surface area contributed by atoms with Gasteiger partial charge in [-0.05, 0) is 52.6 Å². The third-order valence-corrected chi connectivity index (χ3v) is 4.44. The molecule has 2 N–H and O–H groups in total. The van der Waals surface area contributed by atoms with E-state index in [-0.39, 0.29) is 6.03 Å². The Hall–Kier alpha value is -3.21. The van der Waals surface area contributed by atoms with E-state index in [0.717, 1.165) is 39.8 Å². The van der Waals surface area contributed by atoms with Crippen LogP contribution in [-0.4, -0.2) is 26.8 Å². The quantitative estimate of drug-likeness (QED) is 0.668. The molecule has 0 unspecified atom stereocenters. The zero-order valence-electron chi connectivity index (χ0n) is 15.6. The number of methoxy groups -OCH3 is 2. The van der Waals surface area contributed by atoms with E-state index in [1.165, 1.54) is 0 Å². The van der Waals surface area contributed by atoms with Crippen LogP contribution in [0, 0.1) is 0 Å². The maximum atomic E-state index is 12.0. The standard InChI is InChI=1S/C22H24N2O3/c1-26-20-10-9-18-13-16(7-8-19(18)14-20)15-24-22(25)23-12-11-17-5-3-4-6-21(17)27-2/h3-10,13-14H,11-12,15H2,1-2H3,(H2,23,24,25). The molecule has 2 amide bonds. The lowest BCUT2D eigenvalue weighted by molar-refractivity contribution is 0.240. The average molecular weight is 364 g/mol. The lowest BCUT2D eigenvalue weighted by atomic mass is 10.1. The van der Waals surface area contributed by atoms with E-state index >= 15 is 0 Å². The molecular weight excluding hydrogens is 340 g/mol. The van der Waals surface area contributed by atoms with Crippen LogP contribution in [0.4, 0.5) is 4.79 Å². The highest BCUT2D eigenvalue weighted by Gasteiger charge is 2.04. The summed E-state index contributed by atoms with van der Waals surface area (Å²) >= 11 is 0. The highest BCUT2D eigenvalue weighted by molar-refractivity contribution is 5.84. The van der Waals surface area contributed by atoms with Crippen molar-refractivity contribution in [2.24, 2.45) is 0 Å². The largest absolute Gasteiger partial charge is 0.497 e. The van der Waals surface area contributed by atoms with Crippen LogP contribution < -0.4 is 20.1 Å². The van der Waals surface area contributed by atoms with Gasteiger partial charge in [0.15, 0.2) is 0 Å². The molecule has 0 aliphatic heterocycles. The smallest absolute Gasteiger partial charge is 0.315 e. The van der Waals surface area contributed by atoms with Gasteiger partial charge in [-0.1, -0.05) is 36.4 Å². The first kappa shape index (κ1) is 18.6. The fraction of sp³-hybridized carbons (Fsp3) is 0.227. The fourth-order valence-electron chi connectivity index (χ4n) is 2.98. The molecule has 0 aromatic heterocycles. The van der Waals surface area contributed by atoms with Gasteiger partial charge >= 0.3 is 6.03 Å². The second-order valence-electron chi connectivity index (χ2n) is 6.22. The molecule has 0 saturated carbocycles. The molecule has 0 radical (unpaired) electrons. The lowest BCUT2D eigenvalue weighted by Crippen LogP contribution is -2.36. The minimum atomic E-state index is -0.181. The van der Waals surface area contributed by atoms with Gasteiger partial charge in [0, 0.05) is 13.1 Å².